The van der Waals surface area contributed by atoms with Crippen LogP contribution in [0.1, 0.15) is 28.9 Å². The van der Waals surface area contributed by atoms with Gasteiger partial charge in [0, 0.05) is 6.20 Å². The van der Waals surface area contributed by atoms with Crippen molar-refractivity contribution < 1.29 is 13.6 Å². The standard InChI is InChI=1S/C16H13F2N5O/c1-9(10-2-4-12(17)5-3-10)22-16(24)11-6-13(18)14(19-7-11)15-20-8-21-23-15/h2-9H,1H3,(H,22,24)(H,20,21,23)/t9-/m0/s1. The molecule has 2 aromatic heterocycles. The molecular weight excluding hydrogens is 316 g/mol. The summed E-state index contributed by atoms with van der Waals surface area (Å²) < 4.78 is 27.0. The monoisotopic (exact) mass is 329 g/mol. The number of amides is 1. The van der Waals surface area contributed by atoms with Crippen molar-refractivity contribution in [3.8, 4) is 11.5 Å². The van der Waals surface area contributed by atoms with E-state index in [1.165, 1.54) is 24.7 Å². The van der Waals surface area contributed by atoms with E-state index in [1.54, 1.807) is 19.1 Å². The van der Waals surface area contributed by atoms with Gasteiger partial charge >= 0.3 is 0 Å². The topological polar surface area (TPSA) is 83.6 Å². The lowest BCUT2D eigenvalue weighted by Gasteiger charge is -2.14. The van der Waals surface area contributed by atoms with E-state index >= 15 is 0 Å². The number of halogens is 2. The zero-order chi connectivity index (χ0) is 17.1. The first-order valence-corrected chi connectivity index (χ1v) is 7.12. The van der Waals surface area contributed by atoms with Crippen LogP contribution in [0.4, 0.5) is 8.78 Å². The molecule has 2 N–H and O–H groups in total. The Bertz CT molecular complexity index is 849. The molecule has 0 unspecified atom stereocenters. The van der Waals surface area contributed by atoms with Gasteiger partial charge in [0.05, 0.1) is 11.6 Å². The normalized spacial score (nSPS) is 12.0. The first kappa shape index (κ1) is 15.7. The second-order valence-corrected chi connectivity index (χ2v) is 5.14. The summed E-state index contributed by atoms with van der Waals surface area (Å²) in [5, 5.41) is 8.84. The third-order valence-corrected chi connectivity index (χ3v) is 3.46. The van der Waals surface area contributed by atoms with E-state index in [-0.39, 0.29) is 28.9 Å². The number of H-pyrrole nitrogens is 1. The Balaban J connectivity index is 1.75. The third-order valence-electron chi connectivity index (χ3n) is 3.46. The molecule has 0 spiro atoms. The van der Waals surface area contributed by atoms with E-state index in [9.17, 15) is 13.6 Å². The second-order valence-electron chi connectivity index (χ2n) is 5.14. The number of hydrogen-bond acceptors (Lipinski definition) is 4. The summed E-state index contributed by atoms with van der Waals surface area (Å²) in [5.41, 5.74) is 0.789. The highest BCUT2D eigenvalue weighted by molar-refractivity contribution is 5.94. The van der Waals surface area contributed by atoms with E-state index in [4.69, 9.17) is 0 Å². The molecule has 1 aromatic carbocycles. The molecule has 0 aliphatic carbocycles. The van der Waals surface area contributed by atoms with Gasteiger partial charge in [-0.1, -0.05) is 12.1 Å². The van der Waals surface area contributed by atoms with E-state index in [1.807, 2.05) is 0 Å². The summed E-state index contributed by atoms with van der Waals surface area (Å²) in [6, 6.07) is 6.49. The van der Waals surface area contributed by atoms with Crippen LogP contribution in [-0.4, -0.2) is 26.1 Å². The van der Waals surface area contributed by atoms with Crippen molar-refractivity contribution in [2.75, 3.05) is 0 Å². The zero-order valence-corrected chi connectivity index (χ0v) is 12.6. The molecule has 0 saturated heterocycles. The molecular formula is C16H13F2N5O. The predicted molar refractivity (Wildman–Crippen MR) is 81.9 cm³/mol. The van der Waals surface area contributed by atoms with Crippen LogP contribution in [0.15, 0.2) is 42.9 Å². The number of rotatable bonds is 4. The molecule has 0 aliphatic heterocycles. The highest BCUT2D eigenvalue weighted by Crippen LogP contribution is 2.18. The number of nitrogens with one attached hydrogen (secondary N) is 2. The van der Waals surface area contributed by atoms with Crippen molar-refractivity contribution in [2.45, 2.75) is 13.0 Å². The highest BCUT2D eigenvalue weighted by atomic mass is 19.1. The summed E-state index contributed by atoms with van der Waals surface area (Å²) in [4.78, 5) is 19.9. The molecule has 0 radical (unpaired) electrons. The zero-order valence-electron chi connectivity index (χ0n) is 12.6. The van der Waals surface area contributed by atoms with Crippen LogP contribution in [-0.2, 0) is 0 Å². The van der Waals surface area contributed by atoms with Gasteiger partial charge in [0.15, 0.2) is 11.6 Å². The van der Waals surface area contributed by atoms with Crippen LogP contribution in [0.2, 0.25) is 0 Å². The lowest BCUT2D eigenvalue weighted by molar-refractivity contribution is 0.0939. The molecule has 3 rings (SSSR count). The smallest absolute Gasteiger partial charge is 0.253 e. The molecule has 3 aromatic rings. The quantitative estimate of drug-likeness (QED) is 0.771. The fourth-order valence-corrected chi connectivity index (χ4v) is 2.17. The number of aromatic nitrogens is 4. The van der Waals surface area contributed by atoms with Crippen LogP contribution in [0.25, 0.3) is 11.5 Å². The Kier molecular flexibility index (Phi) is 4.28. The van der Waals surface area contributed by atoms with Crippen molar-refractivity contribution >= 4 is 5.91 Å². The fourth-order valence-electron chi connectivity index (χ4n) is 2.17. The molecule has 0 bridgehead atoms. The van der Waals surface area contributed by atoms with Gasteiger partial charge in [-0.25, -0.2) is 18.7 Å². The van der Waals surface area contributed by atoms with Gasteiger partial charge in [-0.15, -0.1) is 0 Å². The maximum absolute atomic E-state index is 14.1. The second kappa shape index (κ2) is 6.53. The summed E-state index contributed by atoms with van der Waals surface area (Å²) >= 11 is 0. The Morgan fingerprint density at radius 1 is 1.21 bits per heavy atom. The number of pyridine rings is 1. The van der Waals surface area contributed by atoms with Crippen LogP contribution in [0.3, 0.4) is 0 Å². The molecule has 0 fully saturated rings. The van der Waals surface area contributed by atoms with Gasteiger partial charge in [0.25, 0.3) is 5.91 Å². The minimum Gasteiger partial charge on any atom is -0.345 e. The molecule has 6 nitrogen and oxygen atoms in total. The van der Waals surface area contributed by atoms with Crippen LogP contribution in [0.5, 0.6) is 0 Å². The maximum atomic E-state index is 14.1. The lowest BCUT2D eigenvalue weighted by Crippen LogP contribution is -2.27. The molecule has 1 amide bonds. The Morgan fingerprint density at radius 3 is 2.58 bits per heavy atom. The average molecular weight is 329 g/mol. The van der Waals surface area contributed by atoms with Crippen molar-refractivity contribution in [2.24, 2.45) is 0 Å². The average Bonchev–Trinajstić information content (AvgIpc) is 3.09. The fraction of sp³-hybridized carbons (Fsp3) is 0.125. The largest absolute Gasteiger partial charge is 0.345 e. The maximum Gasteiger partial charge on any atom is 0.253 e. The lowest BCUT2D eigenvalue weighted by atomic mass is 10.1. The van der Waals surface area contributed by atoms with E-state index in [0.29, 0.717) is 0 Å². The first-order chi connectivity index (χ1) is 11.5. The summed E-state index contributed by atoms with van der Waals surface area (Å²) in [6.45, 7) is 1.75. The predicted octanol–water partition coefficient (Wildman–Crippen LogP) is 2.64. The van der Waals surface area contributed by atoms with Gasteiger partial charge in [0.2, 0.25) is 0 Å². The van der Waals surface area contributed by atoms with Crippen molar-refractivity contribution in [3.63, 3.8) is 0 Å². The Labute approximate surface area is 136 Å². The minimum atomic E-state index is -0.686. The van der Waals surface area contributed by atoms with E-state index < -0.39 is 11.7 Å². The molecule has 8 heteroatoms. The molecule has 1 atom stereocenters. The van der Waals surface area contributed by atoms with Crippen LogP contribution < -0.4 is 5.32 Å². The van der Waals surface area contributed by atoms with Gasteiger partial charge < -0.3 is 5.32 Å². The first-order valence-electron chi connectivity index (χ1n) is 7.12. The van der Waals surface area contributed by atoms with Crippen molar-refractivity contribution in [3.05, 3.63) is 65.6 Å². The molecule has 122 valence electrons. The van der Waals surface area contributed by atoms with Crippen LogP contribution >= 0.6 is 0 Å². The Hall–Kier alpha value is -3.16. The van der Waals surface area contributed by atoms with Gasteiger partial charge in [0.1, 0.15) is 17.8 Å². The van der Waals surface area contributed by atoms with E-state index in [0.717, 1.165) is 11.6 Å². The van der Waals surface area contributed by atoms with Gasteiger partial charge in [-0.2, -0.15) is 5.10 Å². The summed E-state index contributed by atoms with van der Waals surface area (Å²) in [6.07, 6.45) is 2.50. The highest BCUT2D eigenvalue weighted by Gasteiger charge is 2.16. The van der Waals surface area contributed by atoms with Crippen molar-refractivity contribution in [1.29, 1.82) is 0 Å². The summed E-state index contributed by atoms with van der Waals surface area (Å²) in [5.74, 6) is -1.35. The molecule has 0 saturated carbocycles. The van der Waals surface area contributed by atoms with Crippen LogP contribution in [0, 0.1) is 11.6 Å². The third kappa shape index (κ3) is 3.27. The van der Waals surface area contributed by atoms with Crippen molar-refractivity contribution in [1.82, 2.24) is 25.5 Å². The summed E-state index contributed by atoms with van der Waals surface area (Å²) in [7, 11) is 0. The number of nitrogens with zero attached hydrogens (tertiary/aromatic N) is 3. The number of carbonyl (C=O) groups excluding carboxylic acids is 1. The minimum absolute atomic E-state index is 0.0179. The Morgan fingerprint density at radius 2 is 1.96 bits per heavy atom. The number of benzene rings is 1. The van der Waals surface area contributed by atoms with Gasteiger partial charge in [-0.3, -0.25) is 9.89 Å². The molecule has 24 heavy (non-hydrogen) atoms. The molecule has 0 aliphatic rings. The molecule has 2 heterocycles. The number of aromatic amines is 1. The SMILES string of the molecule is C[C@H](NC(=O)c1cnc(-c2ncn[nH]2)c(F)c1)c1ccc(F)cc1. The van der Waals surface area contributed by atoms with E-state index in [2.05, 4.69) is 25.5 Å². The van der Waals surface area contributed by atoms with Gasteiger partial charge in [-0.05, 0) is 30.7 Å². The number of carbonyl (C=O) groups is 1. The number of hydrogen-bond donors (Lipinski definition) is 2.